The molecule has 120 valence electrons. The van der Waals surface area contributed by atoms with Gasteiger partial charge in [0, 0.05) is 26.6 Å². The van der Waals surface area contributed by atoms with Crippen LogP contribution in [0.2, 0.25) is 0 Å². The van der Waals surface area contributed by atoms with Crippen LogP contribution in [0.4, 0.5) is 0 Å². The molecular formula is C18H26N2O2. The summed E-state index contributed by atoms with van der Waals surface area (Å²) in [5, 5.41) is 0. The van der Waals surface area contributed by atoms with E-state index in [-0.39, 0.29) is 18.4 Å². The maximum Gasteiger partial charge on any atom is 0.242 e. The van der Waals surface area contributed by atoms with E-state index in [0.29, 0.717) is 12.5 Å². The van der Waals surface area contributed by atoms with E-state index in [1.54, 1.807) is 4.90 Å². The van der Waals surface area contributed by atoms with Crippen molar-refractivity contribution in [1.82, 2.24) is 9.80 Å². The Labute approximate surface area is 133 Å². The summed E-state index contributed by atoms with van der Waals surface area (Å²) in [6, 6.07) is 10.1. The minimum atomic E-state index is -0.0330. The molecule has 1 fully saturated rings. The number of rotatable bonds is 5. The molecule has 2 rings (SSSR count). The van der Waals surface area contributed by atoms with Gasteiger partial charge in [0.25, 0.3) is 0 Å². The molecule has 1 aliphatic rings. The summed E-state index contributed by atoms with van der Waals surface area (Å²) in [5.74, 6) is 0.608. The number of nitrogens with zero attached hydrogens (tertiary/aromatic N) is 2. The number of piperidine rings is 1. The van der Waals surface area contributed by atoms with Crippen molar-refractivity contribution in [1.29, 1.82) is 0 Å². The second-order valence-corrected chi connectivity index (χ2v) is 6.26. The van der Waals surface area contributed by atoms with Crippen molar-refractivity contribution in [3.05, 3.63) is 35.9 Å². The smallest absolute Gasteiger partial charge is 0.242 e. The molecule has 0 saturated carbocycles. The standard InChI is InChI=1S/C18H26N2O2/c1-15-7-6-11-20(13-15)18(22)14-19(16(2)21)12-10-17-8-4-3-5-9-17/h3-5,8-9,15H,6-7,10-14H2,1-2H3. The fourth-order valence-corrected chi connectivity index (χ4v) is 2.94. The highest BCUT2D eigenvalue weighted by atomic mass is 16.2. The van der Waals surface area contributed by atoms with Crippen LogP contribution in [0.1, 0.15) is 32.3 Å². The minimum Gasteiger partial charge on any atom is -0.341 e. The first-order chi connectivity index (χ1) is 10.6. The average Bonchev–Trinajstić information content (AvgIpc) is 2.52. The Morgan fingerprint density at radius 2 is 2.00 bits per heavy atom. The Morgan fingerprint density at radius 3 is 2.64 bits per heavy atom. The number of likely N-dealkylation sites (tertiary alicyclic amines) is 1. The first-order valence-electron chi connectivity index (χ1n) is 8.13. The third-order valence-electron chi connectivity index (χ3n) is 4.29. The first kappa shape index (κ1) is 16.5. The zero-order chi connectivity index (χ0) is 15.9. The summed E-state index contributed by atoms with van der Waals surface area (Å²) in [6.45, 7) is 6.16. The number of carbonyl (C=O) groups excluding carboxylic acids is 2. The zero-order valence-corrected chi connectivity index (χ0v) is 13.6. The molecule has 22 heavy (non-hydrogen) atoms. The van der Waals surface area contributed by atoms with Crippen LogP contribution in [0.5, 0.6) is 0 Å². The minimum absolute atomic E-state index is 0.0330. The monoisotopic (exact) mass is 302 g/mol. The summed E-state index contributed by atoms with van der Waals surface area (Å²) < 4.78 is 0. The van der Waals surface area contributed by atoms with Gasteiger partial charge >= 0.3 is 0 Å². The molecule has 0 spiro atoms. The lowest BCUT2D eigenvalue weighted by molar-refractivity contribution is -0.140. The lowest BCUT2D eigenvalue weighted by atomic mass is 10.0. The first-order valence-corrected chi connectivity index (χ1v) is 8.13. The Bertz CT molecular complexity index is 501. The van der Waals surface area contributed by atoms with Crippen molar-refractivity contribution >= 4 is 11.8 Å². The Kier molecular flexibility index (Phi) is 5.99. The van der Waals surface area contributed by atoms with E-state index in [2.05, 4.69) is 6.92 Å². The Balaban J connectivity index is 1.88. The molecule has 1 aromatic rings. The van der Waals surface area contributed by atoms with E-state index < -0.39 is 0 Å². The van der Waals surface area contributed by atoms with Crippen LogP contribution < -0.4 is 0 Å². The lowest BCUT2D eigenvalue weighted by Crippen LogP contribution is -2.46. The fraction of sp³-hybridized carbons (Fsp3) is 0.556. The van der Waals surface area contributed by atoms with E-state index in [4.69, 9.17) is 0 Å². The molecule has 1 aliphatic heterocycles. The van der Waals surface area contributed by atoms with Gasteiger partial charge in [0.1, 0.15) is 0 Å². The van der Waals surface area contributed by atoms with Crippen LogP contribution in [0.25, 0.3) is 0 Å². The quantitative estimate of drug-likeness (QED) is 0.837. The molecule has 1 atom stereocenters. The second kappa shape index (κ2) is 7.97. The largest absolute Gasteiger partial charge is 0.341 e. The summed E-state index contributed by atoms with van der Waals surface area (Å²) in [4.78, 5) is 27.8. The van der Waals surface area contributed by atoms with Crippen LogP contribution >= 0.6 is 0 Å². The number of hydrogen-bond acceptors (Lipinski definition) is 2. The van der Waals surface area contributed by atoms with Crippen LogP contribution in [0, 0.1) is 5.92 Å². The zero-order valence-electron chi connectivity index (χ0n) is 13.6. The molecule has 1 heterocycles. The molecule has 0 N–H and O–H groups in total. The van der Waals surface area contributed by atoms with Gasteiger partial charge in [-0.1, -0.05) is 37.3 Å². The fourth-order valence-electron chi connectivity index (χ4n) is 2.94. The average molecular weight is 302 g/mol. The molecule has 0 aromatic heterocycles. The van der Waals surface area contributed by atoms with Crippen molar-refractivity contribution in [2.24, 2.45) is 5.92 Å². The molecule has 0 radical (unpaired) electrons. The van der Waals surface area contributed by atoms with Gasteiger partial charge < -0.3 is 9.80 Å². The van der Waals surface area contributed by atoms with Gasteiger partial charge in [-0.15, -0.1) is 0 Å². The van der Waals surface area contributed by atoms with Crippen molar-refractivity contribution in [2.45, 2.75) is 33.1 Å². The normalized spacial score (nSPS) is 18.1. The van der Waals surface area contributed by atoms with Gasteiger partial charge in [0.15, 0.2) is 0 Å². The van der Waals surface area contributed by atoms with Crippen molar-refractivity contribution in [2.75, 3.05) is 26.2 Å². The van der Waals surface area contributed by atoms with E-state index in [1.807, 2.05) is 35.2 Å². The maximum absolute atomic E-state index is 12.4. The number of benzene rings is 1. The Morgan fingerprint density at radius 1 is 1.27 bits per heavy atom. The maximum atomic E-state index is 12.4. The van der Waals surface area contributed by atoms with Crippen LogP contribution in [-0.2, 0) is 16.0 Å². The molecule has 1 aromatic carbocycles. The van der Waals surface area contributed by atoms with E-state index in [1.165, 1.54) is 18.9 Å². The molecule has 2 amide bonds. The van der Waals surface area contributed by atoms with Gasteiger partial charge in [-0.2, -0.15) is 0 Å². The highest BCUT2D eigenvalue weighted by Crippen LogP contribution is 2.15. The summed E-state index contributed by atoms with van der Waals surface area (Å²) in [5.41, 5.74) is 1.19. The van der Waals surface area contributed by atoms with E-state index >= 15 is 0 Å². The van der Waals surface area contributed by atoms with Crippen LogP contribution in [0.15, 0.2) is 30.3 Å². The van der Waals surface area contributed by atoms with Crippen LogP contribution in [0.3, 0.4) is 0 Å². The molecule has 1 saturated heterocycles. The number of amides is 2. The van der Waals surface area contributed by atoms with Crippen molar-refractivity contribution in [3.8, 4) is 0 Å². The third-order valence-corrected chi connectivity index (χ3v) is 4.29. The number of carbonyl (C=O) groups is 2. The lowest BCUT2D eigenvalue weighted by Gasteiger charge is -2.32. The van der Waals surface area contributed by atoms with Gasteiger partial charge in [-0.3, -0.25) is 9.59 Å². The Hall–Kier alpha value is -1.84. The van der Waals surface area contributed by atoms with E-state index in [9.17, 15) is 9.59 Å². The van der Waals surface area contributed by atoms with Gasteiger partial charge in [0.05, 0.1) is 6.54 Å². The third kappa shape index (κ3) is 4.86. The predicted molar refractivity (Wildman–Crippen MR) is 87.4 cm³/mol. The van der Waals surface area contributed by atoms with Crippen LogP contribution in [-0.4, -0.2) is 47.8 Å². The van der Waals surface area contributed by atoms with Crippen molar-refractivity contribution in [3.63, 3.8) is 0 Å². The molecular weight excluding hydrogens is 276 g/mol. The second-order valence-electron chi connectivity index (χ2n) is 6.26. The van der Waals surface area contributed by atoms with Gasteiger partial charge in [-0.25, -0.2) is 0 Å². The summed E-state index contributed by atoms with van der Waals surface area (Å²) in [7, 11) is 0. The molecule has 1 unspecified atom stereocenters. The highest BCUT2D eigenvalue weighted by Gasteiger charge is 2.23. The SMILES string of the molecule is CC(=O)N(CCc1ccccc1)CC(=O)N1CCCC(C)C1. The molecule has 0 aliphatic carbocycles. The number of hydrogen-bond donors (Lipinski definition) is 0. The van der Waals surface area contributed by atoms with Crippen molar-refractivity contribution < 1.29 is 9.59 Å². The highest BCUT2D eigenvalue weighted by molar-refractivity contribution is 5.83. The predicted octanol–water partition coefficient (Wildman–Crippen LogP) is 2.34. The molecule has 4 heteroatoms. The topological polar surface area (TPSA) is 40.6 Å². The summed E-state index contributed by atoms with van der Waals surface area (Å²) >= 11 is 0. The van der Waals surface area contributed by atoms with Gasteiger partial charge in [0.2, 0.25) is 11.8 Å². The molecule has 0 bridgehead atoms. The van der Waals surface area contributed by atoms with Gasteiger partial charge in [-0.05, 0) is 30.7 Å². The van der Waals surface area contributed by atoms with E-state index in [0.717, 1.165) is 25.9 Å². The molecule has 4 nitrogen and oxygen atoms in total. The summed E-state index contributed by atoms with van der Waals surface area (Å²) in [6.07, 6.45) is 3.04.